The minimum absolute atomic E-state index is 0.533. The number of halogens is 2. The smallest absolute Gasteiger partial charge is 0.135 e. The molecule has 0 aromatic heterocycles. The highest BCUT2D eigenvalue weighted by Crippen LogP contribution is 2.36. The summed E-state index contributed by atoms with van der Waals surface area (Å²) in [4.78, 5) is 0. The number of methoxy groups -OCH3 is 1. The zero-order valence-corrected chi connectivity index (χ0v) is 14.5. The number of ether oxygens (including phenoxy) is 1. The van der Waals surface area contributed by atoms with Gasteiger partial charge in [-0.1, -0.05) is 6.92 Å². The van der Waals surface area contributed by atoms with Gasteiger partial charge in [-0.15, -0.1) is 0 Å². The van der Waals surface area contributed by atoms with E-state index < -0.39 is 0 Å². The highest BCUT2D eigenvalue weighted by Gasteiger charge is 2.22. The van der Waals surface area contributed by atoms with E-state index in [4.69, 9.17) is 4.74 Å². The molecule has 1 aliphatic heterocycles. The molecular weight excluding hydrogens is 378 g/mol. The molecule has 0 aliphatic carbocycles. The molecule has 1 heterocycles. The first-order valence-electron chi connectivity index (χ1n) is 6.03. The van der Waals surface area contributed by atoms with Crippen molar-refractivity contribution in [3.8, 4) is 5.75 Å². The molecule has 2 nitrogen and oxygen atoms in total. The molecule has 0 bridgehead atoms. The molecule has 1 aromatic carbocycles. The molecule has 1 N–H and O–H groups in total. The van der Waals surface area contributed by atoms with Crippen molar-refractivity contribution < 1.29 is 4.74 Å². The molecule has 1 fully saturated rings. The Morgan fingerprint density at radius 1 is 1.33 bits per heavy atom. The van der Waals surface area contributed by atoms with Crippen molar-refractivity contribution in [1.29, 1.82) is 0 Å². The van der Waals surface area contributed by atoms with Crippen LogP contribution in [0, 0.1) is 0 Å². The Bertz CT molecular complexity index is 428. The van der Waals surface area contributed by atoms with E-state index in [1.54, 1.807) is 7.11 Å². The van der Waals surface area contributed by atoms with Crippen molar-refractivity contribution in [2.75, 3.05) is 18.2 Å². The summed E-state index contributed by atoms with van der Waals surface area (Å²) in [6, 6.07) is 4.60. The molecule has 0 amide bonds. The summed E-state index contributed by atoms with van der Waals surface area (Å²) in [5.41, 5.74) is 1.11. The topological polar surface area (TPSA) is 21.3 Å². The number of anilines is 1. The molecule has 2 unspecified atom stereocenters. The average molecular weight is 395 g/mol. The first kappa shape index (κ1) is 14.5. The van der Waals surface area contributed by atoms with Gasteiger partial charge >= 0.3 is 0 Å². The van der Waals surface area contributed by atoms with Crippen LogP contribution in [0.15, 0.2) is 21.1 Å². The lowest BCUT2D eigenvalue weighted by Crippen LogP contribution is -2.32. The maximum absolute atomic E-state index is 5.34. The van der Waals surface area contributed by atoms with Crippen molar-refractivity contribution >= 4 is 49.3 Å². The second-order valence-electron chi connectivity index (χ2n) is 4.44. The number of hydrogen-bond donors (Lipinski definition) is 1. The van der Waals surface area contributed by atoms with Crippen LogP contribution in [0.5, 0.6) is 5.75 Å². The van der Waals surface area contributed by atoms with E-state index in [-0.39, 0.29) is 0 Å². The second-order valence-corrected chi connectivity index (χ2v) is 7.63. The summed E-state index contributed by atoms with van der Waals surface area (Å²) in [5, 5.41) is 4.29. The number of hydrogen-bond acceptors (Lipinski definition) is 3. The third kappa shape index (κ3) is 3.36. The molecule has 1 saturated heterocycles. The van der Waals surface area contributed by atoms with Crippen LogP contribution >= 0.6 is 43.6 Å². The number of rotatable bonds is 3. The van der Waals surface area contributed by atoms with Gasteiger partial charge in [0.05, 0.1) is 17.3 Å². The fourth-order valence-corrected chi connectivity index (χ4v) is 4.52. The second kappa shape index (κ2) is 6.53. The predicted octanol–water partition coefficient (Wildman–Crippen LogP) is 4.92. The van der Waals surface area contributed by atoms with E-state index in [1.807, 2.05) is 23.9 Å². The van der Waals surface area contributed by atoms with Gasteiger partial charge in [0.1, 0.15) is 5.75 Å². The lowest BCUT2D eigenvalue weighted by atomic mass is 10.1. The SMILES string of the molecule is COc1cc(NC2CCCSC2C)c(Br)cc1Br. The highest BCUT2D eigenvalue weighted by molar-refractivity contribution is 9.11. The monoisotopic (exact) mass is 393 g/mol. The lowest BCUT2D eigenvalue weighted by molar-refractivity contribution is 0.412. The fourth-order valence-electron chi connectivity index (χ4n) is 2.11. The molecule has 1 aliphatic rings. The zero-order valence-electron chi connectivity index (χ0n) is 10.5. The van der Waals surface area contributed by atoms with Crippen molar-refractivity contribution in [2.24, 2.45) is 0 Å². The van der Waals surface area contributed by atoms with E-state index in [9.17, 15) is 0 Å². The van der Waals surface area contributed by atoms with Crippen molar-refractivity contribution in [3.63, 3.8) is 0 Å². The van der Waals surface area contributed by atoms with Gasteiger partial charge in [0.15, 0.2) is 0 Å². The van der Waals surface area contributed by atoms with Crippen molar-refractivity contribution in [1.82, 2.24) is 0 Å². The lowest BCUT2D eigenvalue weighted by Gasteiger charge is -2.30. The first-order chi connectivity index (χ1) is 8.61. The van der Waals surface area contributed by atoms with Crippen LogP contribution in [0.1, 0.15) is 19.8 Å². The Hall–Kier alpha value is 0.130. The number of nitrogens with one attached hydrogen (secondary N) is 1. The molecule has 18 heavy (non-hydrogen) atoms. The molecule has 0 saturated carbocycles. The van der Waals surface area contributed by atoms with E-state index >= 15 is 0 Å². The normalized spacial score (nSPS) is 23.8. The minimum Gasteiger partial charge on any atom is -0.495 e. The van der Waals surface area contributed by atoms with Gasteiger partial charge in [0.2, 0.25) is 0 Å². The van der Waals surface area contributed by atoms with Gasteiger partial charge in [-0.25, -0.2) is 0 Å². The van der Waals surface area contributed by atoms with Gasteiger partial charge in [0, 0.05) is 21.8 Å². The van der Waals surface area contributed by atoms with Crippen molar-refractivity contribution in [2.45, 2.75) is 31.1 Å². The van der Waals surface area contributed by atoms with Crippen LogP contribution < -0.4 is 10.1 Å². The largest absolute Gasteiger partial charge is 0.495 e. The van der Waals surface area contributed by atoms with Gasteiger partial charge < -0.3 is 10.1 Å². The summed E-state index contributed by atoms with van der Waals surface area (Å²) in [6.45, 7) is 2.30. The van der Waals surface area contributed by atoms with E-state index in [1.165, 1.54) is 18.6 Å². The maximum atomic E-state index is 5.34. The van der Waals surface area contributed by atoms with Gasteiger partial charge in [-0.2, -0.15) is 11.8 Å². The van der Waals surface area contributed by atoms with E-state index in [0.717, 1.165) is 20.4 Å². The summed E-state index contributed by atoms with van der Waals surface area (Å²) in [5.74, 6) is 2.14. The van der Waals surface area contributed by atoms with Crippen LogP contribution in [0.4, 0.5) is 5.69 Å². The number of thioether (sulfide) groups is 1. The third-order valence-electron chi connectivity index (χ3n) is 3.19. The van der Waals surface area contributed by atoms with Crippen LogP contribution in [0.25, 0.3) is 0 Å². The summed E-state index contributed by atoms with van der Waals surface area (Å²) >= 11 is 9.14. The quantitative estimate of drug-likeness (QED) is 0.786. The van der Waals surface area contributed by atoms with Crippen LogP contribution in [0.3, 0.4) is 0 Å². The Balaban J connectivity index is 2.17. The third-order valence-corrected chi connectivity index (χ3v) is 5.84. The Labute approximate surface area is 130 Å². The van der Waals surface area contributed by atoms with Gasteiger partial charge in [0.25, 0.3) is 0 Å². The first-order valence-corrected chi connectivity index (χ1v) is 8.66. The summed E-state index contributed by atoms with van der Waals surface area (Å²) in [6.07, 6.45) is 2.52. The molecule has 2 atom stereocenters. The molecule has 2 rings (SSSR count). The summed E-state index contributed by atoms with van der Waals surface area (Å²) < 4.78 is 7.38. The maximum Gasteiger partial charge on any atom is 0.135 e. The van der Waals surface area contributed by atoms with Crippen LogP contribution in [-0.4, -0.2) is 24.2 Å². The molecule has 1 aromatic rings. The standard InChI is InChI=1S/C13H17Br2NOS/c1-8-11(4-3-5-18-8)16-12-7-13(17-2)10(15)6-9(12)14/h6-8,11,16H,3-5H2,1-2H3. The van der Waals surface area contributed by atoms with Crippen LogP contribution in [0.2, 0.25) is 0 Å². The van der Waals surface area contributed by atoms with Crippen molar-refractivity contribution in [3.05, 3.63) is 21.1 Å². The molecule has 0 radical (unpaired) electrons. The van der Waals surface area contributed by atoms with Gasteiger partial charge in [-0.3, -0.25) is 0 Å². The fraction of sp³-hybridized carbons (Fsp3) is 0.538. The molecular formula is C13H17Br2NOS. The predicted molar refractivity (Wildman–Crippen MR) is 87.0 cm³/mol. The highest BCUT2D eigenvalue weighted by atomic mass is 79.9. The average Bonchev–Trinajstić information content (AvgIpc) is 2.35. The Morgan fingerprint density at radius 3 is 2.78 bits per heavy atom. The number of benzene rings is 1. The zero-order chi connectivity index (χ0) is 13.1. The molecule has 100 valence electrons. The minimum atomic E-state index is 0.533. The summed E-state index contributed by atoms with van der Waals surface area (Å²) in [7, 11) is 1.69. The molecule has 5 heteroatoms. The van der Waals surface area contributed by atoms with E-state index in [2.05, 4.69) is 44.1 Å². The Morgan fingerprint density at radius 2 is 2.11 bits per heavy atom. The van der Waals surface area contributed by atoms with E-state index in [0.29, 0.717) is 11.3 Å². The Kier molecular flexibility index (Phi) is 5.27. The van der Waals surface area contributed by atoms with Gasteiger partial charge in [-0.05, 0) is 56.5 Å². The molecule has 0 spiro atoms. The van der Waals surface area contributed by atoms with Crippen LogP contribution in [-0.2, 0) is 0 Å².